The molecule has 1 N–H and O–H groups in total. The highest BCUT2D eigenvalue weighted by Gasteiger charge is 2.27. The number of aromatic nitrogens is 1. The molecule has 1 aliphatic rings. The van der Waals surface area contributed by atoms with E-state index in [1.807, 2.05) is 36.4 Å². The summed E-state index contributed by atoms with van der Waals surface area (Å²) in [5.41, 5.74) is 3.97. The third kappa shape index (κ3) is 4.96. The molecule has 8 heteroatoms. The lowest BCUT2D eigenvalue weighted by atomic mass is 9.96. The fraction of sp³-hybridized carbons (Fsp3) is 0.300. The van der Waals surface area contributed by atoms with Crippen molar-refractivity contribution in [3.8, 4) is 22.8 Å². The van der Waals surface area contributed by atoms with E-state index in [0.29, 0.717) is 38.8 Å². The van der Waals surface area contributed by atoms with Gasteiger partial charge in [0, 0.05) is 21.9 Å². The van der Waals surface area contributed by atoms with Gasteiger partial charge in [0.2, 0.25) is 0 Å². The van der Waals surface area contributed by atoms with Crippen molar-refractivity contribution in [1.82, 2.24) is 4.98 Å². The zero-order valence-corrected chi connectivity index (χ0v) is 22.6. The number of benzene rings is 2. The largest absolute Gasteiger partial charge is 0.497 e. The van der Waals surface area contributed by atoms with Crippen LogP contribution < -0.4 is 14.8 Å². The average Bonchev–Trinajstić information content (AvgIpc) is 3.26. The van der Waals surface area contributed by atoms with Crippen LogP contribution in [0.4, 0.5) is 5.00 Å². The van der Waals surface area contributed by atoms with Crippen LogP contribution in [-0.2, 0) is 17.6 Å². The van der Waals surface area contributed by atoms with Gasteiger partial charge in [0.25, 0.3) is 5.91 Å². The van der Waals surface area contributed by atoms with E-state index in [-0.39, 0.29) is 5.91 Å². The zero-order valence-electron chi connectivity index (χ0n) is 21.8. The van der Waals surface area contributed by atoms with Crippen LogP contribution in [-0.4, -0.2) is 38.2 Å². The lowest BCUT2D eigenvalue weighted by Crippen LogP contribution is -2.15. The molecule has 0 atom stereocenters. The molecule has 1 amide bonds. The molecule has 2 heterocycles. The van der Waals surface area contributed by atoms with Crippen molar-refractivity contribution >= 4 is 39.1 Å². The lowest BCUT2D eigenvalue weighted by molar-refractivity contribution is 0.0601. The molecule has 7 nitrogen and oxygen atoms in total. The Kier molecular flexibility index (Phi) is 7.60. The number of ether oxygens (including phenoxy) is 3. The standard InChI is InChI=1S/C30H30N2O5S/c1-35-18-14-15-20(25(16-18)36-2)24-17-22(19-10-8-9-12-23(19)31-24)28(33)32-29-27(30(34)37-3)21-11-6-4-5-7-13-26(21)38-29/h8-10,12,14-17H,4-7,11,13H2,1-3H3,(H,32,33). The van der Waals surface area contributed by atoms with Crippen molar-refractivity contribution in [3.63, 3.8) is 0 Å². The molecule has 1 aliphatic carbocycles. The van der Waals surface area contributed by atoms with Gasteiger partial charge >= 0.3 is 5.97 Å². The number of esters is 1. The quantitative estimate of drug-likeness (QED) is 0.280. The summed E-state index contributed by atoms with van der Waals surface area (Å²) in [5, 5.41) is 4.32. The topological polar surface area (TPSA) is 86.8 Å². The van der Waals surface area contributed by atoms with Crippen LogP contribution in [0.2, 0.25) is 0 Å². The third-order valence-electron chi connectivity index (χ3n) is 6.93. The number of para-hydroxylation sites is 1. The van der Waals surface area contributed by atoms with Gasteiger partial charge in [0.05, 0.1) is 43.7 Å². The van der Waals surface area contributed by atoms with Crippen LogP contribution in [0.1, 0.15) is 56.8 Å². The number of hydrogen-bond donors (Lipinski definition) is 1. The van der Waals surface area contributed by atoms with Crippen LogP contribution in [0.3, 0.4) is 0 Å². The van der Waals surface area contributed by atoms with Crippen LogP contribution in [0.15, 0.2) is 48.5 Å². The van der Waals surface area contributed by atoms with Gasteiger partial charge in [0.15, 0.2) is 0 Å². The van der Waals surface area contributed by atoms with Gasteiger partial charge in [-0.05, 0) is 55.5 Å². The highest BCUT2D eigenvalue weighted by Crippen LogP contribution is 2.39. The van der Waals surface area contributed by atoms with Gasteiger partial charge in [-0.2, -0.15) is 0 Å². The van der Waals surface area contributed by atoms with Gasteiger partial charge in [-0.1, -0.05) is 31.0 Å². The number of nitrogens with zero attached hydrogens (tertiary/aromatic N) is 1. The SMILES string of the molecule is COC(=O)c1c(NC(=O)c2cc(-c3ccc(OC)cc3OC)nc3ccccc23)sc2c1CCCCCC2. The van der Waals surface area contributed by atoms with E-state index in [0.717, 1.165) is 53.5 Å². The minimum atomic E-state index is -0.415. The van der Waals surface area contributed by atoms with E-state index >= 15 is 0 Å². The number of anilines is 1. The van der Waals surface area contributed by atoms with Crippen LogP contribution >= 0.6 is 11.3 Å². The molecular formula is C30H30N2O5S. The molecule has 0 saturated carbocycles. The molecule has 5 rings (SSSR count). The minimum absolute atomic E-state index is 0.309. The van der Waals surface area contributed by atoms with Crippen molar-refractivity contribution in [2.24, 2.45) is 0 Å². The predicted octanol–water partition coefficient (Wildman–Crippen LogP) is 6.68. The molecule has 4 aromatic rings. The van der Waals surface area contributed by atoms with Crippen molar-refractivity contribution in [1.29, 1.82) is 0 Å². The Morgan fingerprint density at radius 3 is 2.47 bits per heavy atom. The molecule has 0 radical (unpaired) electrons. The molecular weight excluding hydrogens is 500 g/mol. The number of pyridine rings is 1. The fourth-order valence-corrected chi connectivity index (χ4v) is 6.28. The Hall–Kier alpha value is -3.91. The first kappa shape index (κ1) is 25.7. The van der Waals surface area contributed by atoms with Crippen molar-refractivity contribution in [2.45, 2.75) is 38.5 Å². The summed E-state index contributed by atoms with van der Waals surface area (Å²) in [6, 6.07) is 14.8. The van der Waals surface area contributed by atoms with Gasteiger partial charge < -0.3 is 19.5 Å². The number of thiophene rings is 1. The highest BCUT2D eigenvalue weighted by atomic mass is 32.1. The summed E-state index contributed by atoms with van der Waals surface area (Å²) in [7, 11) is 4.57. The Balaban J connectivity index is 1.59. The monoisotopic (exact) mass is 530 g/mol. The maximum Gasteiger partial charge on any atom is 0.341 e. The third-order valence-corrected chi connectivity index (χ3v) is 8.14. The van der Waals surface area contributed by atoms with E-state index in [4.69, 9.17) is 19.2 Å². The maximum absolute atomic E-state index is 13.8. The van der Waals surface area contributed by atoms with Gasteiger partial charge in [0.1, 0.15) is 16.5 Å². The molecule has 196 valence electrons. The summed E-state index contributed by atoms with van der Waals surface area (Å²) in [6.07, 6.45) is 6.11. The molecule has 2 aromatic heterocycles. The Labute approximate surface area is 225 Å². The van der Waals surface area contributed by atoms with E-state index in [9.17, 15) is 9.59 Å². The van der Waals surface area contributed by atoms with Crippen LogP contribution in [0, 0.1) is 0 Å². The second kappa shape index (κ2) is 11.2. The second-order valence-corrected chi connectivity index (χ2v) is 10.3. The zero-order chi connectivity index (χ0) is 26.6. The maximum atomic E-state index is 13.8. The first-order valence-electron chi connectivity index (χ1n) is 12.7. The molecule has 0 aliphatic heterocycles. The van der Waals surface area contributed by atoms with E-state index in [1.54, 1.807) is 26.4 Å². The molecule has 38 heavy (non-hydrogen) atoms. The van der Waals surface area contributed by atoms with Crippen molar-refractivity contribution < 1.29 is 23.8 Å². The Morgan fingerprint density at radius 2 is 1.71 bits per heavy atom. The molecule has 0 saturated heterocycles. The van der Waals surface area contributed by atoms with Gasteiger partial charge in [-0.25, -0.2) is 9.78 Å². The summed E-state index contributed by atoms with van der Waals surface area (Å²) in [4.78, 5) is 32.7. The number of rotatable bonds is 6. The summed E-state index contributed by atoms with van der Waals surface area (Å²) in [6.45, 7) is 0. The number of fused-ring (bicyclic) bond motifs is 2. The average molecular weight is 531 g/mol. The Bertz CT molecular complexity index is 1510. The summed E-state index contributed by atoms with van der Waals surface area (Å²) >= 11 is 1.49. The number of carbonyl (C=O) groups is 2. The van der Waals surface area contributed by atoms with Gasteiger partial charge in [-0.15, -0.1) is 11.3 Å². The number of aryl methyl sites for hydroxylation is 1. The summed E-state index contributed by atoms with van der Waals surface area (Å²) in [5.74, 6) is 0.524. The first-order chi connectivity index (χ1) is 18.5. The number of hydrogen-bond acceptors (Lipinski definition) is 7. The van der Waals surface area contributed by atoms with Crippen molar-refractivity contribution in [2.75, 3.05) is 26.6 Å². The Morgan fingerprint density at radius 1 is 0.921 bits per heavy atom. The van der Waals surface area contributed by atoms with E-state index in [2.05, 4.69) is 5.32 Å². The lowest BCUT2D eigenvalue weighted by Gasteiger charge is -2.14. The van der Waals surface area contributed by atoms with Crippen LogP contribution in [0.5, 0.6) is 11.5 Å². The molecule has 0 spiro atoms. The van der Waals surface area contributed by atoms with Crippen molar-refractivity contribution in [3.05, 3.63) is 70.1 Å². The van der Waals surface area contributed by atoms with E-state index in [1.165, 1.54) is 24.9 Å². The predicted molar refractivity (Wildman–Crippen MR) is 150 cm³/mol. The van der Waals surface area contributed by atoms with Crippen LogP contribution in [0.25, 0.3) is 22.2 Å². The molecule has 2 aromatic carbocycles. The number of nitrogens with one attached hydrogen (secondary N) is 1. The van der Waals surface area contributed by atoms with Gasteiger partial charge in [-0.3, -0.25) is 4.79 Å². The molecule has 0 bridgehead atoms. The highest BCUT2D eigenvalue weighted by molar-refractivity contribution is 7.17. The number of carbonyl (C=O) groups excluding carboxylic acids is 2. The smallest absolute Gasteiger partial charge is 0.341 e. The second-order valence-electron chi connectivity index (χ2n) is 9.21. The minimum Gasteiger partial charge on any atom is -0.497 e. The number of amides is 1. The molecule has 0 unspecified atom stereocenters. The fourth-order valence-electron chi connectivity index (χ4n) is 5.01. The molecule has 0 fully saturated rings. The normalized spacial score (nSPS) is 13.2. The van der Waals surface area contributed by atoms with E-state index < -0.39 is 5.97 Å². The number of methoxy groups -OCH3 is 3. The summed E-state index contributed by atoms with van der Waals surface area (Å²) < 4.78 is 16.1. The first-order valence-corrected chi connectivity index (χ1v) is 13.5.